The second-order valence-corrected chi connectivity index (χ2v) is 6.06. The van der Waals surface area contributed by atoms with Crippen LogP contribution in [0.4, 0.5) is 0 Å². The Kier molecular flexibility index (Phi) is 5.47. The number of alkyl halides is 3. The third kappa shape index (κ3) is 5.27. The first-order valence-corrected chi connectivity index (χ1v) is 6.36. The highest BCUT2D eigenvalue weighted by molar-refractivity contribution is 6.68. The quantitative estimate of drug-likeness (QED) is 0.484. The molecule has 0 saturated heterocycles. The van der Waals surface area contributed by atoms with Gasteiger partial charge in [-0.25, -0.2) is 0 Å². The summed E-state index contributed by atoms with van der Waals surface area (Å²) in [6.45, 7) is 2.51. The highest BCUT2D eigenvalue weighted by Gasteiger charge is 2.36. The molecule has 0 saturated carbocycles. The van der Waals surface area contributed by atoms with E-state index in [1.807, 2.05) is 0 Å². The summed E-state index contributed by atoms with van der Waals surface area (Å²) in [6, 6.07) is 6.13. The fraction of sp³-hybridized carbons (Fsp3) is 0.333. The van der Waals surface area contributed by atoms with Crippen molar-refractivity contribution in [3.63, 3.8) is 0 Å². The molecule has 0 N–H and O–H groups in total. The largest absolute Gasteiger partial charge is 0.453 e. The molecule has 0 heterocycles. The SMILES string of the molecule is CC(=O)Oc1ccc(C(OC(C)=O)C(Cl)(Cl)Cl)cc1. The zero-order valence-electron chi connectivity index (χ0n) is 10.2. The Bertz CT molecular complexity index is 465. The van der Waals surface area contributed by atoms with Crippen LogP contribution in [0.1, 0.15) is 25.5 Å². The predicted octanol–water partition coefficient (Wildman–Crippen LogP) is 3.59. The number of esters is 2. The molecular weight excluding hydrogens is 314 g/mol. The minimum atomic E-state index is -1.80. The molecule has 7 heteroatoms. The number of rotatable bonds is 3. The highest BCUT2D eigenvalue weighted by Crippen LogP contribution is 2.42. The van der Waals surface area contributed by atoms with Gasteiger partial charge in [0.15, 0.2) is 6.10 Å². The van der Waals surface area contributed by atoms with Crippen molar-refractivity contribution in [2.75, 3.05) is 0 Å². The monoisotopic (exact) mass is 324 g/mol. The van der Waals surface area contributed by atoms with Gasteiger partial charge in [-0.15, -0.1) is 0 Å². The second-order valence-electron chi connectivity index (χ2n) is 3.69. The molecule has 0 radical (unpaired) electrons. The lowest BCUT2D eigenvalue weighted by atomic mass is 10.1. The molecule has 0 spiro atoms. The summed E-state index contributed by atoms with van der Waals surface area (Å²) in [5.74, 6) is -0.659. The van der Waals surface area contributed by atoms with Crippen molar-refractivity contribution >= 4 is 46.7 Å². The lowest BCUT2D eigenvalue weighted by Gasteiger charge is -2.24. The van der Waals surface area contributed by atoms with Gasteiger partial charge in [0.2, 0.25) is 3.79 Å². The van der Waals surface area contributed by atoms with Gasteiger partial charge in [-0.3, -0.25) is 9.59 Å². The van der Waals surface area contributed by atoms with Gasteiger partial charge < -0.3 is 9.47 Å². The first-order chi connectivity index (χ1) is 8.70. The normalized spacial score (nSPS) is 12.7. The zero-order valence-corrected chi connectivity index (χ0v) is 12.4. The zero-order chi connectivity index (χ0) is 14.6. The number of carbonyl (C=O) groups excluding carboxylic acids is 2. The van der Waals surface area contributed by atoms with E-state index in [2.05, 4.69) is 0 Å². The smallest absolute Gasteiger partial charge is 0.308 e. The van der Waals surface area contributed by atoms with Crippen molar-refractivity contribution in [1.29, 1.82) is 0 Å². The van der Waals surface area contributed by atoms with Gasteiger partial charge in [-0.05, 0) is 17.7 Å². The Hall–Kier alpha value is -0.970. The first-order valence-electron chi connectivity index (χ1n) is 5.22. The minimum absolute atomic E-state index is 0.349. The van der Waals surface area contributed by atoms with Gasteiger partial charge in [0, 0.05) is 13.8 Å². The van der Waals surface area contributed by atoms with E-state index in [1.54, 1.807) is 12.1 Å². The van der Waals surface area contributed by atoms with Crippen LogP contribution in [0.15, 0.2) is 24.3 Å². The van der Waals surface area contributed by atoms with Crippen LogP contribution in [0.3, 0.4) is 0 Å². The molecule has 1 unspecified atom stereocenters. The van der Waals surface area contributed by atoms with Crippen LogP contribution in [0.25, 0.3) is 0 Å². The summed E-state index contributed by atoms with van der Waals surface area (Å²) in [5.41, 5.74) is 0.478. The van der Waals surface area contributed by atoms with Gasteiger partial charge in [-0.1, -0.05) is 46.9 Å². The maximum Gasteiger partial charge on any atom is 0.308 e. The molecule has 19 heavy (non-hydrogen) atoms. The van der Waals surface area contributed by atoms with Crippen molar-refractivity contribution in [2.45, 2.75) is 23.7 Å². The molecule has 0 aliphatic heterocycles. The van der Waals surface area contributed by atoms with Crippen LogP contribution in [0.2, 0.25) is 0 Å². The summed E-state index contributed by atoms with van der Waals surface area (Å²) < 4.78 is 8.05. The molecule has 0 aromatic heterocycles. The van der Waals surface area contributed by atoms with E-state index in [0.717, 1.165) is 0 Å². The molecule has 0 aliphatic carbocycles. The second kappa shape index (κ2) is 6.46. The number of benzene rings is 1. The van der Waals surface area contributed by atoms with Gasteiger partial charge in [0.25, 0.3) is 0 Å². The van der Waals surface area contributed by atoms with E-state index < -0.39 is 21.8 Å². The van der Waals surface area contributed by atoms with Crippen molar-refractivity contribution in [3.8, 4) is 5.75 Å². The highest BCUT2D eigenvalue weighted by atomic mass is 35.6. The van der Waals surface area contributed by atoms with Gasteiger partial charge in [-0.2, -0.15) is 0 Å². The Labute approximate surface area is 125 Å². The lowest BCUT2D eigenvalue weighted by molar-refractivity contribution is -0.146. The van der Waals surface area contributed by atoms with Crippen LogP contribution in [-0.2, 0) is 14.3 Å². The van der Waals surface area contributed by atoms with E-state index in [0.29, 0.717) is 11.3 Å². The molecular formula is C12H11Cl3O4. The van der Waals surface area contributed by atoms with Crippen LogP contribution in [0, 0.1) is 0 Å². The van der Waals surface area contributed by atoms with E-state index in [1.165, 1.54) is 26.0 Å². The molecule has 104 valence electrons. The molecule has 0 fully saturated rings. The molecule has 4 nitrogen and oxygen atoms in total. The van der Waals surface area contributed by atoms with Crippen molar-refractivity contribution in [3.05, 3.63) is 29.8 Å². The maximum absolute atomic E-state index is 11.0. The molecule has 0 bridgehead atoms. The minimum Gasteiger partial charge on any atom is -0.453 e. The maximum atomic E-state index is 11.0. The van der Waals surface area contributed by atoms with Crippen molar-refractivity contribution in [1.82, 2.24) is 0 Å². The van der Waals surface area contributed by atoms with E-state index in [-0.39, 0.29) is 0 Å². The average molecular weight is 326 g/mol. The fourth-order valence-electron chi connectivity index (χ4n) is 1.37. The van der Waals surface area contributed by atoms with Crippen molar-refractivity contribution in [2.24, 2.45) is 0 Å². The molecule has 0 amide bonds. The summed E-state index contributed by atoms with van der Waals surface area (Å²) >= 11 is 17.3. The van der Waals surface area contributed by atoms with Crippen LogP contribution < -0.4 is 4.74 Å². The first kappa shape index (κ1) is 16.1. The Morgan fingerprint density at radius 3 is 1.95 bits per heavy atom. The lowest BCUT2D eigenvalue weighted by Crippen LogP contribution is -2.22. The average Bonchev–Trinajstić information content (AvgIpc) is 2.25. The summed E-state index contributed by atoms with van der Waals surface area (Å²) in [6.07, 6.45) is -1.04. The third-order valence-corrected chi connectivity index (χ3v) is 2.62. The van der Waals surface area contributed by atoms with E-state index in [9.17, 15) is 9.59 Å². The summed E-state index contributed by atoms with van der Waals surface area (Å²) in [5, 5.41) is 0. The summed E-state index contributed by atoms with van der Waals surface area (Å²) in [4.78, 5) is 21.8. The Balaban J connectivity index is 2.97. The van der Waals surface area contributed by atoms with Gasteiger partial charge in [0.1, 0.15) is 5.75 Å². The molecule has 1 atom stereocenters. The number of carbonyl (C=O) groups is 2. The van der Waals surface area contributed by atoms with Gasteiger partial charge in [0.05, 0.1) is 0 Å². The van der Waals surface area contributed by atoms with E-state index >= 15 is 0 Å². The number of hydrogen-bond donors (Lipinski definition) is 0. The number of halogens is 3. The molecule has 1 aromatic rings. The topological polar surface area (TPSA) is 52.6 Å². The molecule has 1 rings (SSSR count). The predicted molar refractivity (Wildman–Crippen MR) is 72.5 cm³/mol. The standard InChI is InChI=1S/C12H11Cl3O4/c1-7(16)18-10-5-3-9(4-6-10)11(12(13,14)15)19-8(2)17/h3-6,11H,1-2H3. The summed E-state index contributed by atoms with van der Waals surface area (Å²) in [7, 11) is 0. The van der Waals surface area contributed by atoms with Crippen LogP contribution in [0.5, 0.6) is 5.75 Å². The van der Waals surface area contributed by atoms with Crippen LogP contribution >= 0.6 is 34.8 Å². The van der Waals surface area contributed by atoms with Gasteiger partial charge >= 0.3 is 11.9 Å². The molecule has 1 aromatic carbocycles. The Morgan fingerprint density at radius 2 is 1.58 bits per heavy atom. The van der Waals surface area contributed by atoms with E-state index in [4.69, 9.17) is 44.3 Å². The molecule has 0 aliphatic rings. The van der Waals surface area contributed by atoms with Crippen LogP contribution in [-0.4, -0.2) is 15.7 Å². The fourth-order valence-corrected chi connectivity index (χ4v) is 1.88. The Morgan fingerprint density at radius 1 is 1.05 bits per heavy atom. The third-order valence-electron chi connectivity index (χ3n) is 2.03. The number of ether oxygens (including phenoxy) is 2. The number of hydrogen-bond acceptors (Lipinski definition) is 4. The van der Waals surface area contributed by atoms with Crippen molar-refractivity contribution < 1.29 is 19.1 Å².